The van der Waals surface area contributed by atoms with Gasteiger partial charge in [0.1, 0.15) is 13.1 Å². The molecule has 0 rings (SSSR count). The van der Waals surface area contributed by atoms with E-state index in [2.05, 4.69) is 40.6 Å². The normalized spacial score (nSPS) is 13.5. The van der Waals surface area contributed by atoms with Gasteiger partial charge in [0.2, 0.25) is 5.91 Å². The number of nitrogens with zero attached hydrogens (tertiary/aromatic N) is 2. The van der Waals surface area contributed by atoms with Crippen LogP contribution >= 0.6 is 0 Å². The number of amides is 1. The van der Waals surface area contributed by atoms with Crippen molar-refractivity contribution < 1.29 is 31.3 Å². The molecule has 0 radical (unpaired) electrons. The number of carbonyl (C=O) groups excluding carboxylic acids is 1. The monoisotopic (exact) mass is 367 g/mol. The maximum absolute atomic E-state index is 12.0. The number of hydrogen-bond donors (Lipinski definition) is 2. The maximum Gasteiger partial charge on any atom is 0.225 e. The quantitative estimate of drug-likeness (QED) is 0.281. The van der Waals surface area contributed by atoms with E-state index in [0.29, 0.717) is 6.54 Å². The summed E-state index contributed by atoms with van der Waals surface area (Å²) in [4.78, 5) is 12.0. The Kier molecular flexibility index (Phi) is 13.4. The van der Waals surface area contributed by atoms with Gasteiger partial charge in [-0.1, -0.05) is 20.8 Å². The predicted molar refractivity (Wildman–Crippen MR) is 98.9 cm³/mol. The third-order valence-corrected chi connectivity index (χ3v) is 4.19. The third kappa shape index (κ3) is 13.0. The SMILES string of the molecule is CCC(C)(C)C(=O)NCCC[N+](C)(C)CC(O)C[N+](C)(C)C.[CH3-].[Cl-]. The Hall–Kier alpha value is -0.360. The summed E-state index contributed by atoms with van der Waals surface area (Å²) < 4.78 is 1.54. The zero-order valence-corrected chi connectivity index (χ0v) is 18.2. The predicted octanol–water partition coefficient (Wildman–Crippen LogP) is -1.47. The zero-order valence-electron chi connectivity index (χ0n) is 17.4. The molecule has 2 N–H and O–H groups in total. The van der Waals surface area contributed by atoms with E-state index in [1.165, 1.54) is 0 Å². The lowest BCUT2D eigenvalue weighted by molar-refractivity contribution is -0.907. The van der Waals surface area contributed by atoms with E-state index in [-0.39, 0.29) is 37.3 Å². The summed E-state index contributed by atoms with van der Waals surface area (Å²) >= 11 is 0. The molecular formula is C18H42ClN3O2. The van der Waals surface area contributed by atoms with Crippen LogP contribution in [-0.4, -0.2) is 87.5 Å². The Bertz CT molecular complexity index is 353. The molecule has 0 aromatic heterocycles. The van der Waals surface area contributed by atoms with Crippen LogP contribution in [0.3, 0.4) is 0 Å². The van der Waals surface area contributed by atoms with Crippen molar-refractivity contribution in [1.82, 2.24) is 5.32 Å². The van der Waals surface area contributed by atoms with Gasteiger partial charge in [-0.15, -0.1) is 0 Å². The Labute approximate surface area is 157 Å². The first-order valence-electron chi connectivity index (χ1n) is 8.38. The average Bonchev–Trinajstić information content (AvgIpc) is 2.30. The van der Waals surface area contributed by atoms with Gasteiger partial charge in [-0.05, 0) is 6.42 Å². The van der Waals surface area contributed by atoms with Crippen molar-refractivity contribution in [2.45, 2.75) is 39.7 Å². The van der Waals surface area contributed by atoms with Gasteiger partial charge in [-0.3, -0.25) is 4.79 Å². The van der Waals surface area contributed by atoms with Crippen molar-refractivity contribution in [1.29, 1.82) is 0 Å². The summed E-state index contributed by atoms with van der Waals surface area (Å²) in [7, 11) is 10.5. The van der Waals surface area contributed by atoms with Gasteiger partial charge in [0.15, 0.2) is 6.10 Å². The summed E-state index contributed by atoms with van der Waals surface area (Å²) in [6.45, 7) is 9.13. The fraction of sp³-hybridized carbons (Fsp3) is 0.889. The van der Waals surface area contributed by atoms with Gasteiger partial charge in [0.05, 0.1) is 41.8 Å². The number of halogens is 1. The molecule has 1 unspecified atom stereocenters. The number of rotatable bonds is 10. The van der Waals surface area contributed by atoms with Crippen molar-refractivity contribution in [3.05, 3.63) is 7.43 Å². The molecule has 0 heterocycles. The van der Waals surface area contributed by atoms with Crippen molar-refractivity contribution in [3.8, 4) is 0 Å². The molecule has 0 bridgehead atoms. The molecule has 148 valence electrons. The highest BCUT2D eigenvalue weighted by Crippen LogP contribution is 2.19. The number of aliphatic hydroxyl groups is 1. The van der Waals surface area contributed by atoms with Crippen molar-refractivity contribution in [2.75, 3.05) is 61.4 Å². The van der Waals surface area contributed by atoms with Crippen LogP contribution < -0.4 is 17.7 Å². The van der Waals surface area contributed by atoms with Gasteiger partial charge in [0, 0.05) is 18.4 Å². The minimum Gasteiger partial charge on any atom is -1.00 e. The molecule has 6 heteroatoms. The molecule has 0 saturated heterocycles. The van der Waals surface area contributed by atoms with E-state index in [9.17, 15) is 9.90 Å². The first-order valence-corrected chi connectivity index (χ1v) is 8.38. The zero-order chi connectivity index (χ0) is 17.6. The van der Waals surface area contributed by atoms with Crippen LogP contribution in [0.25, 0.3) is 0 Å². The summed E-state index contributed by atoms with van der Waals surface area (Å²) in [5, 5.41) is 13.2. The molecule has 1 atom stereocenters. The molecule has 0 aliphatic rings. The van der Waals surface area contributed by atoms with Gasteiger partial charge >= 0.3 is 0 Å². The molecule has 0 aliphatic carbocycles. The Balaban J connectivity index is -0.00000220. The summed E-state index contributed by atoms with van der Waals surface area (Å²) in [6.07, 6.45) is 1.47. The molecule has 0 aromatic carbocycles. The average molecular weight is 368 g/mol. The molecule has 1 amide bonds. The molecule has 0 saturated carbocycles. The first-order chi connectivity index (χ1) is 9.79. The van der Waals surface area contributed by atoms with Gasteiger partial charge in [-0.2, -0.15) is 0 Å². The van der Waals surface area contributed by atoms with Crippen LogP contribution in [0.4, 0.5) is 0 Å². The third-order valence-electron chi connectivity index (χ3n) is 4.19. The number of quaternary nitrogens is 2. The molecule has 0 aromatic rings. The van der Waals surface area contributed by atoms with E-state index in [1.54, 1.807) is 0 Å². The molecule has 0 aliphatic heterocycles. The fourth-order valence-corrected chi connectivity index (χ4v) is 2.46. The van der Waals surface area contributed by atoms with E-state index >= 15 is 0 Å². The maximum atomic E-state index is 12.0. The standard InChI is InChI=1S/C17H38N3O2.CH3.ClH/c1-9-17(2,3)16(22)18-11-10-12-20(7,8)14-15(21)13-19(4,5)6;;/h15,21H,9-14H2,1-8H3;1H3;1H/q+1;-1;. The van der Waals surface area contributed by atoms with Crippen molar-refractivity contribution >= 4 is 5.91 Å². The van der Waals surface area contributed by atoms with Crippen LogP contribution in [-0.2, 0) is 4.79 Å². The molecule has 24 heavy (non-hydrogen) atoms. The number of carbonyl (C=O) groups is 1. The summed E-state index contributed by atoms with van der Waals surface area (Å²) in [5.41, 5.74) is -0.287. The molecular weight excluding hydrogens is 326 g/mol. The Morgan fingerprint density at radius 2 is 1.62 bits per heavy atom. The Morgan fingerprint density at radius 3 is 2.04 bits per heavy atom. The molecule has 0 fully saturated rings. The van der Waals surface area contributed by atoms with E-state index in [0.717, 1.165) is 41.4 Å². The highest BCUT2D eigenvalue weighted by atomic mass is 35.5. The van der Waals surface area contributed by atoms with E-state index in [1.807, 2.05) is 20.8 Å². The lowest BCUT2D eigenvalue weighted by Crippen LogP contribution is -3.00. The van der Waals surface area contributed by atoms with Crippen LogP contribution in [0.1, 0.15) is 33.6 Å². The van der Waals surface area contributed by atoms with Crippen molar-refractivity contribution in [2.24, 2.45) is 5.41 Å². The second-order valence-electron chi connectivity index (χ2n) is 8.82. The smallest absolute Gasteiger partial charge is 0.225 e. The van der Waals surface area contributed by atoms with Crippen LogP contribution in [0, 0.1) is 12.8 Å². The minimum atomic E-state index is -0.302. The lowest BCUT2D eigenvalue weighted by atomic mass is 9.89. The van der Waals surface area contributed by atoms with Gasteiger partial charge in [0.25, 0.3) is 0 Å². The highest BCUT2D eigenvalue weighted by molar-refractivity contribution is 5.81. The minimum absolute atomic E-state index is 0. The van der Waals surface area contributed by atoms with Crippen LogP contribution in [0.2, 0.25) is 0 Å². The van der Waals surface area contributed by atoms with E-state index < -0.39 is 0 Å². The summed E-state index contributed by atoms with van der Waals surface area (Å²) in [5.74, 6) is 0.130. The summed E-state index contributed by atoms with van der Waals surface area (Å²) in [6, 6.07) is 0. The van der Waals surface area contributed by atoms with E-state index in [4.69, 9.17) is 0 Å². The van der Waals surface area contributed by atoms with Gasteiger partial charge in [-0.25, -0.2) is 0 Å². The largest absolute Gasteiger partial charge is 1.00 e. The molecule has 0 spiro atoms. The van der Waals surface area contributed by atoms with Crippen LogP contribution in [0.5, 0.6) is 0 Å². The first kappa shape index (κ1) is 28.4. The number of likely N-dealkylation sites (N-methyl/N-ethyl adjacent to an activating group) is 2. The Morgan fingerprint density at radius 1 is 1.12 bits per heavy atom. The van der Waals surface area contributed by atoms with Crippen LogP contribution in [0.15, 0.2) is 0 Å². The van der Waals surface area contributed by atoms with Crippen molar-refractivity contribution in [3.63, 3.8) is 0 Å². The lowest BCUT2D eigenvalue weighted by Gasteiger charge is -2.34. The number of aliphatic hydroxyl groups excluding tert-OH is 1. The second-order valence-corrected chi connectivity index (χ2v) is 8.82. The molecule has 5 nitrogen and oxygen atoms in total. The number of nitrogens with one attached hydrogen (secondary N) is 1. The highest BCUT2D eigenvalue weighted by Gasteiger charge is 2.26. The second kappa shape index (κ2) is 11.3. The number of hydrogen-bond acceptors (Lipinski definition) is 2. The van der Waals surface area contributed by atoms with Gasteiger partial charge < -0.3 is 39.2 Å². The topological polar surface area (TPSA) is 49.3 Å². The fourth-order valence-electron chi connectivity index (χ4n) is 2.46.